The summed E-state index contributed by atoms with van der Waals surface area (Å²) in [6, 6.07) is 8.69. The van der Waals surface area contributed by atoms with Gasteiger partial charge in [0.2, 0.25) is 0 Å². The van der Waals surface area contributed by atoms with Crippen molar-refractivity contribution in [1.82, 2.24) is 5.32 Å². The van der Waals surface area contributed by atoms with E-state index < -0.39 is 25.8 Å². The van der Waals surface area contributed by atoms with Gasteiger partial charge in [-0.1, -0.05) is 43.9 Å². The summed E-state index contributed by atoms with van der Waals surface area (Å²) in [7, 11) is -3.02. The van der Waals surface area contributed by atoms with E-state index in [1.165, 1.54) is 6.07 Å². The third kappa shape index (κ3) is 9.05. The minimum absolute atomic E-state index is 0.0224. The smallest absolute Gasteiger partial charge is 0.326 e. The zero-order valence-corrected chi connectivity index (χ0v) is 23.0. The zero-order valence-electron chi connectivity index (χ0n) is 21.2. The van der Waals surface area contributed by atoms with Gasteiger partial charge in [-0.25, -0.2) is 8.78 Å². The lowest BCUT2D eigenvalue weighted by Crippen LogP contribution is -2.30. The summed E-state index contributed by atoms with van der Waals surface area (Å²) in [6.45, 7) is 0.210. The Morgan fingerprint density at radius 1 is 1.03 bits per heavy atom. The fourth-order valence-electron chi connectivity index (χ4n) is 5.18. The van der Waals surface area contributed by atoms with Gasteiger partial charge in [0.1, 0.15) is 11.6 Å². The second kappa shape index (κ2) is 14.8. The molecule has 4 nitrogen and oxygen atoms in total. The fraction of sp³-hybridized carbons (Fsp3) is 0.556. The molecule has 1 aliphatic rings. The van der Waals surface area contributed by atoms with Gasteiger partial charge in [0.15, 0.2) is 0 Å². The van der Waals surface area contributed by atoms with Crippen LogP contribution >= 0.6 is 20.0 Å². The molecule has 1 fully saturated rings. The van der Waals surface area contributed by atoms with Crippen LogP contribution in [0.25, 0.3) is 0 Å². The molecule has 3 rings (SSSR count). The van der Waals surface area contributed by atoms with Crippen LogP contribution in [0.2, 0.25) is 0 Å². The quantitative estimate of drug-likeness (QED) is 0.103. The summed E-state index contributed by atoms with van der Waals surface area (Å²) >= 11 is 0.997. The number of alkyl halides is 3. The maximum Gasteiger partial charge on any atom is 0.417 e. The van der Waals surface area contributed by atoms with Gasteiger partial charge >= 0.3 is 14.4 Å². The highest BCUT2D eigenvalue weighted by Gasteiger charge is 2.36. The molecule has 0 radical (unpaired) electrons. The number of rotatable bonds is 14. The second-order valence-corrected chi connectivity index (χ2v) is 11.7. The van der Waals surface area contributed by atoms with Gasteiger partial charge in [-0.05, 0) is 73.6 Å². The lowest BCUT2D eigenvalue weighted by molar-refractivity contribution is -0.139. The molecule has 11 heteroatoms. The Balaban J connectivity index is 1.57. The predicted octanol–water partition coefficient (Wildman–Crippen LogP) is 8.03. The molecule has 0 amide bonds. The summed E-state index contributed by atoms with van der Waals surface area (Å²) < 4.78 is 85.6. The summed E-state index contributed by atoms with van der Waals surface area (Å²) in [6.07, 6.45) is 2.94. The van der Waals surface area contributed by atoms with E-state index in [1.807, 2.05) is 12.1 Å². The summed E-state index contributed by atoms with van der Waals surface area (Å²) in [5.74, 6) is -0.508. The van der Waals surface area contributed by atoms with E-state index in [-0.39, 0.29) is 34.8 Å². The largest absolute Gasteiger partial charge is 0.417 e. The minimum Gasteiger partial charge on any atom is -0.326 e. The molecule has 0 heterocycles. The van der Waals surface area contributed by atoms with Crippen LogP contribution in [-0.4, -0.2) is 23.8 Å². The topological polar surface area (TPSA) is 58.6 Å². The van der Waals surface area contributed by atoms with Crippen molar-refractivity contribution in [3.63, 3.8) is 0 Å². The van der Waals surface area contributed by atoms with Crippen molar-refractivity contribution in [3.05, 3.63) is 64.7 Å². The number of unbranched alkanes of at least 4 members (excludes halogenated alkanes) is 1. The van der Waals surface area contributed by atoms with Crippen molar-refractivity contribution < 1.29 is 35.9 Å². The second-order valence-electron chi connectivity index (χ2n) is 9.71. The minimum atomic E-state index is -4.62. The Hall–Kier alpha value is -1.45. The van der Waals surface area contributed by atoms with Gasteiger partial charge in [0.05, 0.1) is 12.2 Å². The van der Waals surface area contributed by atoms with E-state index in [4.69, 9.17) is 4.89 Å². The first-order valence-electron chi connectivity index (χ1n) is 13.0. The summed E-state index contributed by atoms with van der Waals surface area (Å²) in [5, 5.41) is 2.83. The normalized spacial score (nSPS) is 16.5. The van der Waals surface area contributed by atoms with E-state index in [1.54, 1.807) is 6.07 Å². The molecule has 38 heavy (non-hydrogen) atoms. The standard InChI is InChI=1S/C27H35F5NO3PS/c28-23-10-3-2-9-21(23)26(11-4-1-5-12-26)13-6-7-16-38-25-18-24(29)20(17-22(25)27(30,31)32)19-33-14-8-15-36-37(34)35/h2-3,9-10,17-18,33,37H,1,4-8,11-16,19H2,(H,34,35). The molecule has 0 spiro atoms. The lowest BCUT2D eigenvalue weighted by Gasteiger charge is -2.38. The molecule has 1 saturated carbocycles. The fourth-order valence-corrected chi connectivity index (χ4v) is 6.58. The monoisotopic (exact) mass is 579 g/mol. The van der Waals surface area contributed by atoms with Crippen molar-refractivity contribution in [2.75, 3.05) is 18.9 Å². The molecule has 0 aliphatic heterocycles. The van der Waals surface area contributed by atoms with Crippen LogP contribution in [0.3, 0.4) is 0 Å². The van der Waals surface area contributed by atoms with Gasteiger partial charge < -0.3 is 14.7 Å². The van der Waals surface area contributed by atoms with Crippen LogP contribution in [0.15, 0.2) is 41.3 Å². The van der Waals surface area contributed by atoms with Crippen molar-refractivity contribution in [2.24, 2.45) is 0 Å². The maximum atomic E-state index is 14.6. The Kier molecular flexibility index (Phi) is 12.1. The average Bonchev–Trinajstić information content (AvgIpc) is 2.86. The van der Waals surface area contributed by atoms with Crippen molar-refractivity contribution in [3.8, 4) is 0 Å². The lowest BCUT2D eigenvalue weighted by atomic mass is 9.66. The summed E-state index contributed by atoms with van der Waals surface area (Å²) in [4.78, 5) is 8.47. The molecular weight excluding hydrogens is 544 g/mol. The molecule has 1 aliphatic carbocycles. The highest BCUT2D eigenvalue weighted by molar-refractivity contribution is 7.99. The third-order valence-corrected chi connectivity index (χ3v) is 8.65. The van der Waals surface area contributed by atoms with Crippen LogP contribution in [0.4, 0.5) is 22.0 Å². The van der Waals surface area contributed by atoms with E-state index >= 15 is 0 Å². The van der Waals surface area contributed by atoms with Gasteiger partial charge in [-0.2, -0.15) is 13.2 Å². The number of benzene rings is 2. The Morgan fingerprint density at radius 3 is 2.45 bits per heavy atom. The first kappa shape index (κ1) is 31.1. The molecule has 2 N–H and O–H groups in total. The van der Waals surface area contributed by atoms with Crippen LogP contribution in [-0.2, 0) is 27.2 Å². The van der Waals surface area contributed by atoms with Crippen molar-refractivity contribution >= 4 is 20.0 Å². The molecule has 1 unspecified atom stereocenters. The van der Waals surface area contributed by atoms with Gasteiger partial charge in [0, 0.05) is 17.0 Å². The third-order valence-electron chi connectivity index (χ3n) is 7.06. The molecule has 0 bridgehead atoms. The molecule has 0 aromatic heterocycles. The molecular formula is C27H35F5NO3PS. The van der Waals surface area contributed by atoms with Gasteiger partial charge in [-0.15, -0.1) is 11.8 Å². The summed E-state index contributed by atoms with van der Waals surface area (Å²) in [5.41, 5.74) is -0.440. The van der Waals surface area contributed by atoms with E-state index in [2.05, 4.69) is 9.84 Å². The average molecular weight is 580 g/mol. The first-order valence-corrected chi connectivity index (χ1v) is 15.2. The molecule has 212 valence electrons. The zero-order chi connectivity index (χ0) is 27.6. The first-order chi connectivity index (χ1) is 18.1. The van der Waals surface area contributed by atoms with Gasteiger partial charge in [0.25, 0.3) is 0 Å². The van der Waals surface area contributed by atoms with Crippen molar-refractivity contribution in [2.45, 2.75) is 80.8 Å². The Bertz CT molecular complexity index is 1060. The van der Waals surface area contributed by atoms with Crippen LogP contribution in [0.5, 0.6) is 0 Å². The van der Waals surface area contributed by atoms with E-state index in [0.717, 1.165) is 74.4 Å². The van der Waals surface area contributed by atoms with Crippen LogP contribution in [0, 0.1) is 11.6 Å². The van der Waals surface area contributed by atoms with Crippen LogP contribution < -0.4 is 5.32 Å². The number of hydrogen-bond donors (Lipinski definition) is 2. The highest BCUT2D eigenvalue weighted by Crippen LogP contribution is 2.45. The number of thioether (sulfide) groups is 1. The highest BCUT2D eigenvalue weighted by atomic mass is 32.2. The SMILES string of the molecule is O=[PH](O)OCCCNCc1cc(C(F)(F)F)c(SCCCCC2(c3ccccc3F)CCCCC2)cc1F. The van der Waals surface area contributed by atoms with E-state index in [0.29, 0.717) is 25.1 Å². The van der Waals surface area contributed by atoms with Crippen LogP contribution in [0.1, 0.15) is 74.5 Å². The van der Waals surface area contributed by atoms with Crippen molar-refractivity contribution in [1.29, 1.82) is 0 Å². The number of nitrogens with one attached hydrogen (secondary N) is 1. The number of hydrogen-bond acceptors (Lipinski definition) is 4. The van der Waals surface area contributed by atoms with E-state index in [9.17, 15) is 26.5 Å². The Labute approximate surface area is 225 Å². The van der Waals surface area contributed by atoms with Gasteiger partial charge in [-0.3, -0.25) is 4.57 Å². The molecule has 1 atom stereocenters. The number of halogens is 5. The predicted molar refractivity (Wildman–Crippen MR) is 141 cm³/mol. The maximum absolute atomic E-state index is 14.6. The molecule has 0 saturated heterocycles. The Morgan fingerprint density at radius 2 is 1.76 bits per heavy atom. The molecule has 2 aromatic carbocycles. The molecule has 2 aromatic rings.